The molecule has 3 heterocycles. The lowest BCUT2D eigenvalue weighted by molar-refractivity contribution is -0.170. The summed E-state index contributed by atoms with van der Waals surface area (Å²) in [7, 11) is 10.2. The molecule has 0 spiro atoms. The second kappa shape index (κ2) is 85.7. The number of ether oxygens (including phenoxy) is 17. The van der Waals surface area contributed by atoms with Gasteiger partial charge in [-0.25, -0.2) is 14.4 Å². The Morgan fingerprint density at radius 2 is 0.680 bits per heavy atom. The summed E-state index contributed by atoms with van der Waals surface area (Å²) in [4.78, 5) is 43.2. The van der Waals surface area contributed by atoms with Crippen molar-refractivity contribution in [2.24, 2.45) is 16.2 Å². The van der Waals surface area contributed by atoms with E-state index in [0.717, 1.165) is 208 Å². The molecule has 0 bridgehead atoms. The number of rotatable bonds is 59. The fraction of sp³-hybridized carbons (Fsp3) is 0.823. The van der Waals surface area contributed by atoms with E-state index in [1.165, 1.54) is 76.4 Å². The van der Waals surface area contributed by atoms with Crippen molar-refractivity contribution in [3.63, 3.8) is 0 Å². The highest BCUT2D eigenvalue weighted by atomic mass is 16.6. The third-order valence-corrected chi connectivity index (χ3v) is 15.1. The minimum atomic E-state index is -0.359. The maximum absolute atomic E-state index is 11.4. The number of carbonyl (C=O) groups is 4. The summed E-state index contributed by atoms with van der Waals surface area (Å²) in [6.45, 7) is 45.5. The van der Waals surface area contributed by atoms with Gasteiger partial charge in [0.1, 0.15) is 6.61 Å². The van der Waals surface area contributed by atoms with E-state index in [1.54, 1.807) is 42.7 Å². The van der Waals surface area contributed by atoms with Crippen molar-refractivity contribution in [1.82, 2.24) is 0 Å². The largest absolute Gasteiger partial charge is 0.465 e. The Kier molecular flexibility index (Phi) is 89.7. The molecule has 3 saturated heterocycles. The molecule has 0 aliphatic carbocycles. The quantitative estimate of drug-likeness (QED) is 0.0181. The number of carbonyl (C=O) groups excluding carboxylic acids is 4. The Bertz CT molecular complexity index is 1770. The standard InChI is InChI=1S/C13H24O3.C12H24O3.C12H22O3.C10H20O4.C10H18O3.C9H18O.C8H14O3.C5H10O/c1-3-5-6-7-8-12(14)16-11-13(4-2)9-15-10-13;1-3-13-7-5-4-6-8-14-9-12(2)10-15-11-12;1-3-12(13)15-11-9-7-5-4-6-8-10-14-2;1-10(8-14-9-10)7-13-6-5-12-4-3-11-2;1-3-10(11)13-9-7-5-4-6-8-12-2;1-3-4-5-6-7-8-9-10-2;1-3-8(9)11-7-5-4-6-10-2;1-3-4-5-6-2/h3-11H2,1-2H3;3-11H2,1-2H3;3H,1,4-11H2,2H3;3-9H2,1-2H3;3H,1,4-9H2,2H3;3H,1,4-9H2,2H3;3H,1,4-7H2,2H3;3H,1,4-5H2,2H3. The SMILES string of the molecule is C=CC(=O)OCCCCCCCCOC.C=CC(=O)OCCCCCCOC.C=CC(=O)OCCCCOC.C=CCCCCCCOC.C=CCCOC.CCCCCCC(=O)OCC1(CC)COC1.CCOCCCCCOCC1(C)COC1.COCCOCCOCC1(C)COC1. The number of methoxy groups -OCH3 is 6. The summed E-state index contributed by atoms with van der Waals surface area (Å²) < 4.78 is 86.0. The van der Waals surface area contributed by atoms with Crippen LogP contribution in [0.25, 0.3) is 0 Å². The second-order valence-corrected chi connectivity index (χ2v) is 25.3. The van der Waals surface area contributed by atoms with Gasteiger partial charge in [-0.1, -0.05) is 124 Å². The Hall–Kier alpha value is -3.94. The van der Waals surface area contributed by atoms with E-state index in [9.17, 15) is 19.2 Å². The number of hydrogen-bond acceptors (Lipinski definition) is 21. The van der Waals surface area contributed by atoms with Crippen molar-refractivity contribution < 1.29 is 99.7 Å². The first-order valence-corrected chi connectivity index (χ1v) is 37.2. The van der Waals surface area contributed by atoms with Gasteiger partial charge in [0.05, 0.1) is 105 Å². The first-order chi connectivity index (χ1) is 48.5. The van der Waals surface area contributed by atoms with Crippen LogP contribution in [0.5, 0.6) is 0 Å². The monoisotopic (exact) mass is 1440 g/mol. The average molecular weight is 1440 g/mol. The van der Waals surface area contributed by atoms with Crippen molar-refractivity contribution in [1.29, 1.82) is 0 Å². The number of hydrogen-bond donors (Lipinski definition) is 0. The molecule has 0 radical (unpaired) electrons. The van der Waals surface area contributed by atoms with Crippen molar-refractivity contribution in [3.05, 3.63) is 63.3 Å². The lowest BCUT2D eigenvalue weighted by Crippen LogP contribution is -2.46. The van der Waals surface area contributed by atoms with Crippen LogP contribution in [0.2, 0.25) is 0 Å². The van der Waals surface area contributed by atoms with Gasteiger partial charge in [0.2, 0.25) is 0 Å². The Morgan fingerprint density at radius 3 is 1.04 bits per heavy atom. The molecular formula is C79H150O21. The molecule has 3 fully saturated rings. The molecule has 0 N–H and O–H groups in total. The predicted molar refractivity (Wildman–Crippen MR) is 402 cm³/mol. The van der Waals surface area contributed by atoms with E-state index in [2.05, 4.69) is 60.6 Å². The maximum atomic E-state index is 11.4. The first kappa shape index (κ1) is 105. The minimum Gasteiger partial charge on any atom is -0.465 e. The van der Waals surface area contributed by atoms with Crippen LogP contribution in [-0.2, 0) is 99.7 Å². The van der Waals surface area contributed by atoms with E-state index in [1.807, 2.05) is 19.1 Å². The fourth-order valence-corrected chi connectivity index (χ4v) is 8.47. The van der Waals surface area contributed by atoms with Gasteiger partial charge in [-0.2, -0.15) is 0 Å². The van der Waals surface area contributed by atoms with Crippen LogP contribution in [0.4, 0.5) is 0 Å². The summed E-state index contributed by atoms with van der Waals surface area (Å²) in [6.07, 6.45) is 37.0. The molecule has 3 aliphatic rings. The van der Waals surface area contributed by atoms with Crippen LogP contribution in [0.15, 0.2) is 63.3 Å². The van der Waals surface area contributed by atoms with Crippen LogP contribution in [0.3, 0.4) is 0 Å². The Morgan fingerprint density at radius 1 is 0.340 bits per heavy atom. The highest BCUT2D eigenvalue weighted by Crippen LogP contribution is 2.32. The van der Waals surface area contributed by atoms with Gasteiger partial charge in [-0.15, -0.1) is 13.2 Å². The normalized spacial score (nSPS) is 13.6. The smallest absolute Gasteiger partial charge is 0.330 e. The third kappa shape index (κ3) is 83.0. The number of unbranched alkanes of at least 4 members (excludes halogenated alkanes) is 18. The van der Waals surface area contributed by atoms with Crippen molar-refractivity contribution in [3.8, 4) is 0 Å². The van der Waals surface area contributed by atoms with Crippen LogP contribution in [-0.4, -0.2) is 225 Å². The van der Waals surface area contributed by atoms with Gasteiger partial charge in [-0.3, -0.25) is 4.79 Å². The van der Waals surface area contributed by atoms with E-state index >= 15 is 0 Å². The summed E-state index contributed by atoms with van der Waals surface area (Å²) in [5.41, 5.74) is 0.664. The Balaban J connectivity index is -0.000000348. The van der Waals surface area contributed by atoms with E-state index in [0.29, 0.717) is 71.3 Å². The van der Waals surface area contributed by atoms with E-state index in [4.69, 9.17) is 80.5 Å². The van der Waals surface area contributed by atoms with Crippen LogP contribution in [0, 0.1) is 16.2 Å². The zero-order valence-corrected chi connectivity index (χ0v) is 65.6. The maximum Gasteiger partial charge on any atom is 0.330 e. The lowest BCUT2D eigenvalue weighted by Gasteiger charge is -2.39. The highest BCUT2D eigenvalue weighted by molar-refractivity contribution is 5.81. The Labute approximate surface area is 609 Å². The van der Waals surface area contributed by atoms with Gasteiger partial charge in [0, 0.05) is 131 Å². The average Bonchev–Trinajstić information content (AvgIpc) is 0.862. The molecule has 0 unspecified atom stereocenters. The molecule has 21 heteroatoms. The molecule has 3 rings (SSSR count). The minimum absolute atomic E-state index is 0.0455. The van der Waals surface area contributed by atoms with E-state index < -0.39 is 0 Å². The topological polar surface area (TPSA) is 225 Å². The lowest BCUT2D eigenvalue weighted by atomic mass is 9.84. The molecule has 100 heavy (non-hydrogen) atoms. The summed E-state index contributed by atoms with van der Waals surface area (Å²) in [5, 5.41) is 0. The van der Waals surface area contributed by atoms with Gasteiger partial charge < -0.3 is 80.5 Å². The van der Waals surface area contributed by atoms with Gasteiger partial charge in [0.15, 0.2) is 0 Å². The zero-order valence-electron chi connectivity index (χ0n) is 65.6. The molecular weight excluding hydrogens is 1280 g/mol. The van der Waals surface area contributed by atoms with Gasteiger partial charge in [0.25, 0.3) is 0 Å². The predicted octanol–water partition coefficient (Wildman–Crippen LogP) is 15.6. The molecule has 3 aliphatic heterocycles. The molecule has 0 saturated carbocycles. The molecule has 592 valence electrons. The van der Waals surface area contributed by atoms with Crippen molar-refractivity contribution in [2.45, 2.75) is 208 Å². The van der Waals surface area contributed by atoms with Crippen molar-refractivity contribution in [2.75, 3.05) is 201 Å². The van der Waals surface area contributed by atoms with Crippen molar-refractivity contribution >= 4 is 23.9 Å². The fourth-order valence-electron chi connectivity index (χ4n) is 8.47. The molecule has 0 amide bonds. The number of allylic oxidation sites excluding steroid dienone is 1. The molecule has 21 nitrogen and oxygen atoms in total. The van der Waals surface area contributed by atoms with Crippen LogP contribution in [0.1, 0.15) is 208 Å². The number of esters is 4. The molecule has 0 atom stereocenters. The van der Waals surface area contributed by atoms with E-state index in [-0.39, 0.29) is 34.7 Å². The summed E-state index contributed by atoms with van der Waals surface area (Å²) in [6, 6.07) is 0. The van der Waals surface area contributed by atoms with Crippen LogP contribution < -0.4 is 0 Å². The second-order valence-electron chi connectivity index (χ2n) is 25.3. The van der Waals surface area contributed by atoms with Gasteiger partial charge in [-0.05, 0) is 110 Å². The highest BCUT2D eigenvalue weighted by Gasteiger charge is 2.38. The van der Waals surface area contributed by atoms with Crippen LogP contribution >= 0.6 is 0 Å². The molecule has 0 aromatic rings. The molecule has 0 aromatic carbocycles. The first-order valence-electron chi connectivity index (χ1n) is 37.2. The zero-order chi connectivity index (χ0) is 75.4. The van der Waals surface area contributed by atoms with Gasteiger partial charge >= 0.3 is 23.9 Å². The summed E-state index contributed by atoms with van der Waals surface area (Å²) in [5.74, 6) is -1.06. The third-order valence-electron chi connectivity index (χ3n) is 15.1. The summed E-state index contributed by atoms with van der Waals surface area (Å²) >= 11 is 0. The molecule has 0 aromatic heterocycles.